The number of carbonyl (C=O) groups is 2. The van der Waals surface area contributed by atoms with Crippen molar-refractivity contribution in [3.63, 3.8) is 0 Å². The molecular formula is C34H37F3N4O3. The SMILES string of the molecule is CN(C)Cc1ccc2c(-c3cccc4c(C[C@H](NC(=O)C5(C)CCN(CC(F)(F)F)CC5)C(=O)O)cccc34)nccc2c1. The van der Waals surface area contributed by atoms with Crippen LogP contribution in [0.3, 0.4) is 0 Å². The van der Waals surface area contributed by atoms with E-state index in [-0.39, 0.29) is 32.4 Å². The summed E-state index contributed by atoms with van der Waals surface area (Å²) < 4.78 is 38.5. The third-order valence-electron chi connectivity index (χ3n) is 8.53. The summed E-state index contributed by atoms with van der Waals surface area (Å²) in [6.07, 6.45) is -2.03. The largest absolute Gasteiger partial charge is 0.480 e. The Kier molecular flexibility index (Phi) is 8.95. The number of aromatic nitrogens is 1. The highest BCUT2D eigenvalue weighted by Crippen LogP contribution is 2.35. The van der Waals surface area contributed by atoms with Gasteiger partial charge in [0.2, 0.25) is 5.91 Å². The molecule has 0 unspecified atom stereocenters. The van der Waals surface area contributed by atoms with Gasteiger partial charge in [-0.05, 0) is 79.4 Å². The normalized spacial score (nSPS) is 16.3. The molecule has 0 radical (unpaired) electrons. The molecule has 1 fully saturated rings. The van der Waals surface area contributed by atoms with Crippen LogP contribution in [0.15, 0.2) is 66.9 Å². The monoisotopic (exact) mass is 606 g/mol. The van der Waals surface area contributed by atoms with E-state index in [0.717, 1.165) is 44.9 Å². The molecule has 1 aliphatic heterocycles. The van der Waals surface area contributed by atoms with Crippen molar-refractivity contribution in [1.82, 2.24) is 20.1 Å². The van der Waals surface area contributed by atoms with E-state index < -0.39 is 36.1 Å². The van der Waals surface area contributed by atoms with E-state index in [4.69, 9.17) is 4.98 Å². The molecule has 5 rings (SSSR count). The summed E-state index contributed by atoms with van der Waals surface area (Å²) in [5.41, 5.74) is 2.76. The third-order valence-corrected chi connectivity index (χ3v) is 8.53. The van der Waals surface area contributed by atoms with Crippen molar-refractivity contribution in [3.8, 4) is 11.3 Å². The first-order valence-corrected chi connectivity index (χ1v) is 14.7. The van der Waals surface area contributed by atoms with Crippen molar-refractivity contribution >= 4 is 33.4 Å². The number of aliphatic carboxylic acids is 1. The van der Waals surface area contributed by atoms with Gasteiger partial charge in [-0.1, -0.05) is 55.5 Å². The maximum atomic E-state index is 13.3. The highest BCUT2D eigenvalue weighted by atomic mass is 19.4. The van der Waals surface area contributed by atoms with Crippen LogP contribution in [0.4, 0.5) is 13.2 Å². The summed E-state index contributed by atoms with van der Waals surface area (Å²) >= 11 is 0. The minimum absolute atomic E-state index is 0.0506. The fourth-order valence-electron chi connectivity index (χ4n) is 6.10. The Balaban J connectivity index is 1.39. The number of hydrogen-bond acceptors (Lipinski definition) is 5. The highest BCUT2D eigenvalue weighted by Gasteiger charge is 2.41. The quantitative estimate of drug-likeness (QED) is 0.247. The number of likely N-dealkylation sites (tertiary alicyclic amines) is 1. The van der Waals surface area contributed by atoms with Gasteiger partial charge in [0.25, 0.3) is 0 Å². The molecule has 0 spiro atoms. The molecule has 10 heteroatoms. The number of carbonyl (C=O) groups excluding carboxylic acids is 1. The number of nitrogens with zero attached hydrogens (tertiary/aromatic N) is 3. The molecule has 0 bridgehead atoms. The lowest BCUT2D eigenvalue weighted by molar-refractivity contribution is -0.154. The Morgan fingerprint density at radius 3 is 2.41 bits per heavy atom. The molecule has 0 saturated carbocycles. The second-order valence-electron chi connectivity index (χ2n) is 12.3. The highest BCUT2D eigenvalue weighted by molar-refractivity contribution is 6.05. The third kappa shape index (κ3) is 7.03. The van der Waals surface area contributed by atoms with Crippen LogP contribution in [0, 0.1) is 5.41 Å². The van der Waals surface area contributed by atoms with Crippen LogP contribution in [0.2, 0.25) is 0 Å². The van der Waals surface area contributed by atoms with Crippen molar-refractivity contribution < 1.29 is 27.9 Å². The zero-order valence-electron chi connectivity index (χ0n) is 25.1. The van der Waals surface area contributed by atoms with Crippen molar-refractivity contribution in [2.24, 2.45) is 5.41 Å². The average Bonchev–Trinajstić information content (AvgIpc) is 2.96. The summed E-state index contributed by atoms with van der Waals surface area (Å²) in [5.74, 6) is -1.63. The van der Waals surface area contributed by atoms with Gasteiger partial charge < -0.3 is 15.3 Å². The van der Waals surface area contributed by atoms with E-state index in [2.05, 4.69) is 28.4 Å². The number of piperidine rings is 1. The molecule has 0 aliphatic carbocycles. The van der Waals surface area contributed by atoms with Crippen molar-refractivity contribution in [3.05, 3.63) is 78.0 Å². The standard InChI is InChI=1S/C34H37F3N4O3/c1-33(13-16-41(17-14-33)21-34(35,36)37)32(44)39-29(31(42)43)19-23-6-4-8-27-25(23)7-5-9-28(27)30-26-11-10-22(20-40(2)3)18-24(26)12-15-38-30/h4-12,15,18,29H,13-14,16-17,19-21H2,1-3H3,(H,39,44)(H,42,43)/t29-/m0/s1. The summed E-state index contributed by atoms with van der Waals surface area (Å²) in [4.78, 5) is 33.8. The predicted octanol–water partition coefficient (Wildman–Crippen LogP) is 5.89. The zero-order valence-corrected chi connectivity index (χ0v) is 25.1. The first kappa shape index (κ1) is 31.4. The van der Waals surface area contributed by atoms with Crippen LogP contribution in [0.1, 0.15) is 30.9 Å². The van der Waals surface area contributed by atoms with Gasteiger partial charge in [-0.15, -0.1) is 0 Å². The molecule has 1 aliphatic rings. The van der Waals surface area contributed by atoms with Gasteiger partial charge in [0, 0.05) is 35.5 Å². The van der Waals surface area contributed by atoms with Gasteiger partial charge in [-0.25, -0.2) is 4.79 Å². The molecule has 2 heterocycles. The number of nitrogens with one attached hydrogen (secondary N) is 1. The Morgan fingerprint density at radius 2 is 1.73 bits per heavy atom. The summed E-state index contributed by atoms with van der Waals surface area (Å²) in [7, 11) is 4.06. The van der Waals surface area contributed by atoms with Gasteiger partial charge in [-0.3, -0.25) is 14.7 Å². The lowest BCUT2D eigenvalue weighted by atomic mass is 9.79. The van der Waals surface area contributed by atoms with Crippen LogP contribution in [-0.2, 0) is 22.6 Å². The first-order valence-electron chi connectivity index (χ1n) is 14.7. The van der Waals surface area contributed by atoms with Gasteiger partial charge in [0.1, 0.15) is 6.04 Å². The van der Waals surface area contributed by atoms with Crippen molar-refractivity contribution in [2.75, 3.05) is 33.7 Å². The molecule has 44 heavy (non-hydrogen) atoms. The van der Waals surface area contributed by atoms with Crippen molar-refractivity contribution in [1.29, 1.82) is 0 Å². The van der Waals surface area contributed by atoms with Crippen LogP contribution < -0.4 is 5.32 Å². The number of carboxylic acids is 1. The maximum absolute atomic E-state index is 13.3. The second kappa shape index (κ2) is 12.5. The van der Waals surface area contributed by atoms with E-state index in [1.165, 1.54) is 10.5 Å². The summed E-state index contributed by atoms with van der Waals surface area (Å²) in [5, 5.41) is 16.6. The molecule has 4 aromatic rings. The lowest BCUT2D eigenvalue weighted by Gasteiger charge is -2.38. The number of pyridine rings is 1. The Bertz CT molecular complexity index is 1680. The van der Waals surface area contributed by atoms with E-state index >= 15 is 0 Å². The number of hydrogen-bond donors (Lipinski definition) is 2. The minimum Gasteiger partial charge on any atom is -0.480 e. The average molecular weight is 607 g/mol. The minimum atomic E-state index is -4.30. The number of alkyl halides is 3. The van der Waals surface area contributed by atoms with Crippen LogP contribution in [0.25, 0.3) is 32.8 Å². The molecular weight excluding hydrogens is 569 g/mol. The molecule has 7 nitrogen and oxygen atoms in total. The van der Waals surface area contributed by atoms with Gasteiger partial charge in [0.05, 0.1) is 12.2 Å². The van der Waals surface area contributed by atoms with Gasteiger partial charge >= 0.3 is 12.1 Å². The summed E-state index contributed by atoms with van der Waals surface area (Å²) in [6.45, 7) is 1.73. The number of fused-ring (bicyclic) bond motifs is 2. The van der Waals surface area contributed by atoms with Gasteiger partial charge in [-0.2, -0.15) is 13.2 Å². The van der Waals surface area contributed by atoms with Gasteiger partial charge in [0.15, 0.2) is 0 Å². The second-order valence-corrected chi connectivity index (χ2v) is 12.3. The number of halogens is 3. The maximum Gasteiger partial charge on any atom is 0.401 e. The molecule has 232 valence electrons. The molecule has 1 saturated heterocycles. The number of rotatable bonds is 9. The zero-order chi connectivity index (χ0) is 31.6. The smallest absolute Gasteiger partial charge is 0.401 e. The van der Waals surface area contributed by atoms with Crippen LogP contribution in [0.5, 0.6) is 0 Å². The van der Waals surface area contributed by atoms with Crippen LogP contribution >= 0.6 is 0 Å². The first-order chi connectivity index (χ1) is 20.8. The Labute approximate surface area is 254 Å². The topological polar surface area (TPSA) is 85.8 Å². The summed E-state index contributed by atoms with van der Waals surface area (Å²) in [6, 6.07) is 18.7. The predicted molar refractivity (Wildman–Crippen MR) is 165 cm³/mol. The van der Waals surface area contributed by atoms with E-state index in [1.807, 2.05) is 56.6 Å². The van der Waals surface area contributed by atoms with E-state index in [0.29, 0.717) is 0 Å². The number of amides is 1. The molecule has 1 aromatic heterocycles. The molecule has 3 aromatic carbocycles. The fraction of sp³-hybridized carbons (Fsp3) is 0.382. The van der Waals surface area contributed by atoms with E-state index in [1.54, 1.807) is 13.1 Å². The van der Waals surface area contributed by atoms with Crippen molar-refractivity contribution in [2.45, 2.75) is 44.9 Å². The Hall–Kier alpha value is -4.02. The lowest BCUT2D eigenvalue weighted by Crippen LogP contribution is -2.53. The van der Waals surface area contributed by atoms with E-state index in [9.17, 15) is 27.9 Å². The molecule has 1 atom stereocenters. The molecule has 1 amide bonds. The molecule has 2 N–H and O–H groups in total. The number of benzene rings is 3. The fourth-order valence-corrected chi connectivity index (χ4v) is 6.10. The Morgan fingerprint density at radius 1 is 1.02 bits per heavy atom. The number of carboxylic acid groups (broad SMARTS) is 1. The van der Waals surface area contributed by atoms with Crippen LogP contribution in [-0.4, -0.2) is 77.7 Å².